The molecule has 7 aliphatic rings. The van der Waals surface area contributed by atoms with Gasteiger partial charge in [0.2, 0.25) is 41.4 Å². The number of aliphatic hydroxyl groups is 4. The van der Waals surface area contributed by atoms with Crippen LogP contribution in [0.2, 0.25) is 0 Å². The Bertz CT molecular complexity index is 4520. The second kappa shape index (κ2) is 32.2. The molecular formula is C72H100CoN18O17P. The number of nitrogens with zero attached hydrogens (tertiary/aromatic N) is 10. The zero-order chi connectivity index (χ0) is 79.6. The van der Waals surface area contributed by atoms with Crippen molar-refractivity contribution in [2.75, 3.05) is 18.9 Å². The molecule has 37 heteroatoms. The number of carbonyl (C=O) groups excluding carboxylic acids is 7. The zero-order valence-electron chi connectivity index (χ0n) is 62.8. The van der Waals surface area contributed by atoms with E-state index in [0.29, 0.717) is 67.6 Å². The maximum atomic E-state index is 14.4. The topological polar surface area (TPSA) is 584 Å². The Labute approximate surface area is 640 Å². The van der Waals surface area contributed by atoms with Crippen LogP contribution in [-0.4, -0.2) is 175 Å². The summed E-state index contributed by atoms with van der Waals surface area (Å²) in [5, 5.41) is 49.6. The number of phosphoric ester groups is 1. The summed E-state index contributed by atoms with van der Waals surface area (Å²) < 4.78 is 38.8. The second-order valence-electron chi connectivity index (χ2n) is 31.1. The molecule has 19 atom stereocenters. The van der Waals surface area contributed by atoms with Gasteiger partial charge in [-0.2, -0.15) is 5.70 Å². The standard InChI is InChI=1S/C62H90N13O14P.C10H12N5O3.Co/c1-29-20-39-40(21-30(29)2)75(28-70-39)57-52(84)53(41(27-76)87-57)89-90(85,86)88-31(3)26-69-49(83)18-19-59(8)37(22-46(66)80)56-62(11)61(10,25-48(68)82)36(14-17-45(65)79)51(74-62)33(5)55-60(9,24-47(67)81)34(12-15-43(63)77)38(71-55)23-42-58(6,7)35(13-16-44(64)78)50(72-42)32(4)54(59)73-56;1-4-6(16)7(17)10(18-4)15-3-14-5-8(11)12-2-13-9(5)15;/h20-21,23,28,31,34-37,41,52-53,56-57,76,84H,12-19,22,24-27H2,1-11H3,(H15,63,64,65,66,67,68,69,71,72,73,74,77,78,79,80,81,82,83,85,86);2-4,6-7,10,16-17H,1H2,(H2,11,12,13);/q;-1;+3/p-2/t31?,34?,35?,36?,37?,41-,52-,53-,56?,57+,59?,60?,61?,62?;4-,6-,7-,10-;/m11./s1. The van der Waals surface area contributed by atoms with Crippen LogP contribution in [0, 0.1) is 66.1 Å². The fourth-order valence-corrected chi connectivity index (χ4v) is 18.5. The number of ether oxygens (including phenoxy) is 2. The summed E-state index contributed by atoms with van der Waals surface area (Å²) in [5.74, 6) is -7.16. The number of nitrogen functional groups attached to an aromatic ring is 1. The van der Waals surface area contributed by atoms with Crippen LogP contribution in [0.5, 0.6) is 0 Å². The Hall–Kier alpha value is -8.26. The molecule has 4 aromatic rings. The number of nitrogens with one attached hydrogen (secondary N) is 1. The number of hydrogen-bond acceptors (Lipinski definition) is 25. The van der Waals surface area contributed by atoms with Crippen LogP contribution in [0.25, 0.3) is 27.5 Å². The van der Waals surface area contributed by atoms with Crippen LogP contribution in [-0.2, 0) is 73.4 Å². The third kappa shape index (κ3) is 16.3. The van der Waals surface area contributed by atoms with Gasteiger partial charge in [-0.25, -0.2) is 19.9 Å². The largest absolute Gasteiger partial charge is 3.00 e. The number of hydrogen-bond donors (Lipinski definition) is 12. The molecule has 7 aliphatic heterocycles. The van der Waals surface area contributed by atoms with Crippen LogP contribution in [0.4, 0.5) is 5.82 Å². The molecule has 35 nitrogen and oxygen atoms in total. The van der Waals surface area contributed by atoms with Crippen molar-refractivity contribution in [1.29, 1.82) is 0 Å². The Morgan fingerprint density at radius 2 is 1.34 bits per heavy atom. The van der Waals surface area contributed by atoms with Gasteiger partial charge in [-0.15, -0.1) is 0 Å². The number of phosphoric acid groups is 1. The van der Waals surface area contributed by atoms with Crippen LogP contribution < -0.4 is 50.3 Å². The number of rotatable bonds is 27. The van der Waals surface area contributed by atoms with E-state index < -0.39 is 168 Å². The Balaban J connectivity index is 0.000000623. The van der Waals surface area contributed by atoms with E-state index in [1.807, 2.05) is 80.5 Å². The summed E-state index contributed by atoms with van der Waals surface area (Å²) in [6, 6.07) is 2.65. The van der Waals surface area contributed by atoms with Gasteiger partial charge in [0.15, 0.2) is 23.9 Å². The number of aliphatic hydroxyl groups excluding tert-OH is 4. The molecule has 0 spiro atoms. The monoisotopic (exact) mass is 1580 g/mol. The molecular weight excluding hydrogens is 1480 g/mol. The number of primary amides is 6. The fraction of sp³-hybridized carbons (Fsp3) is 0.597. The minimum atomic E-state index is -5.32. The first kappa shape index (κ1) is 84.8. The van der Waals surface area contributed by atoms with Crippen molar-refractivity contribution in [3.05, 3.63) is 88.8 Å². The Morgan fingerprint density at radius 1 is 0.734 bits per heavy atom. The van der Waals surface area contributed by atoms with E-state index in [-0.39, 0.29) is 99.8 Å². The predicted octanol–water partition coefficient (Wildman–Crippen LogP) is 2.17. The molecule has 11 rings (SSSR count). The van der Waals surface area contributed by atoms with E-state index in [0.717, 1.165) is 11.1 Å². The molecule has 8 bridgehead atoms. The average molecular weight is 1580 g/mol. The molecule has 3 aromatic heterocycles. The number of allylic oxidation sites excluding steroid dienone is 6. The fourth-order valence-electron chi connectivity index (χ4n) is 17.3. The zero-order valence-corrected chi connectivity index (χ0v) is 64.8. The summed E-state index contributed by atoms with van der Waals surface area (Å²) in [6.45, 7) is 22.6. The molecule has 10 heterocycles. The van der Waals surface area contributed by atoms with Crippen LogP contribution in [0.3, 0.4) is 0 Å². The summed E-state index contributed by atoms with van der Waals surface area (Å²) in [7, 11) is -5.32. The van der Waals surface area contributed by atoms with Crippen LogP contribution >= 0.6 is 7.82 Å². The van der Waals surface area contributed by atoms with Crippen molar-refractivity contribution in [3.8, 4) is 0 Å². The number of aromatic nitrogens is 6. The van der Waals surface area contributed by atoms with E-state index in [1.165, 1.54) is 35.0 Å². The van der Waals surface area contributed by atoms with E-state index in [2.05, 4.69) is 32.2 Å². The molecule has 7 amide bonds. The van der Waals surface area contributed by atoms with Crippen molar-refractivity contribution in [2.45, 2.75) is 214 Å². The van der Waals surface area contributed by atoms with E-state index in [9.17, 15) is 63.4 Å². The van der Waals surface area contributed by atoms with Crippen molar-refractivity contribution in [2.24, 2.45) is 94.7 Å². The average Bonchev–Trinajstić information content (AvgIpc) is 1.53. The molecule has 19 N–H and O–H groups in total. The SMILES string of the molecule is C/C1=C2N=C(/C=C3N=C(/C(C)=C4\[N-]C(C(CC(N)=O)C4(C)CCC(=O)NCC(C)OP(=O)([O-])O[C@H]4[C@@H](O)[C@@H](n5cnc6cc(C)c(C)cc65)O[C@@H]4CO)C4(C)N=C1C(CCC(N)=O)C4(C)CC(N)=O)C(CCC(N)=O)C\3(C)C)C(CCC(N)=O)C/2(C)CC(N)=O.[CH2-][C@H]1O[C@@H](n2cnc3c(N)ncnc32)[C@H](O)[C@@H]1O.[Co+3]. The van der Waals surface area contributed by atoms with E-state index in [4.69, 9.17) is 79.0 Å². The first-order valence-corrected chi connectivity index (χ1v) is 37.3. The maximum Gasteiger partial charge on any atom is 3.00 e. The van der Waals surface area contributed by atoms with Gasteiger partial charge in [0, 0.05) is 108 Å². The smallest absolute Gasteiger partial charge is 0.756 e. The van der Waals surface area contributed by atoms with Crippen molar-refractivity contribution in [3.63, 3.8) is 0 Å². The number of amides is 7. The summed E-state index contributed by atoms with van der Waals surface area (Å²) in [6.07, 6.45) is -5.69. The van der Waals surface area contributed by atoms with Crippen LogP contribution in [0.1, 0.15) is 157 Å². The number of imidazole rings is 2. The molecule has 3 saturated heterocycles. The summed E-state index contributed by atoms with van der Waals surface area (Å²) in [5.41, 5.74) is 43.2. The third-order valence-electron chi connectivity index (χ3n) is 23.5. The first-order chi connectivity index (χ1) is 50.4. The number of fused-ring (bicyclic) bond motifs is 8. The van der Waals surface area contributed by atoms with Crippen molar-refractivity contribution < 1.29 is 98.7 Å². The van der Waals surface area contributed by atoms with Gasteiger partial charge in [0.1, 0.15) is 36.3 Å². The molecule has 11 unspecified atom stereocenters. The quantitative estimate of drug-likeness (QED) is 0.0301. The minimum Gasteiger partial charge on any atom is -0.756 e. The number of carbonyl (C=O) groups is 7. The van der Waals surface area contributed by atoms with Gasteiger partial charge in [-0.3, -0.25) is 57.7 Å². The maximum absolute atomic E-state index is 14.4. The number of aryl methyl sites for hydroxylation is 2. The Morgan fingerprint density at radius 3 is 1.94 bits per heavy atom. The van der Waals surface area contributed by atoms with Crippen molar-refractivity contribution in [1.82, 2.24) is 34.4 Å². The van der Waals surface area contributed by atoms with Gasteiger partial charge in [0.05, 0.1) is 53.7 Å². The molecule has 0 saturated carbocycles. The summed E-state index contributed by atoms with van der Waals surface area (Å²) in [4.78, 5) is 140. The summed E-state index contributed by atoms with van der Waals surface area (Å²) >= 11 is 0. The van der Waals surface area contributed by atoms with Gasteiger partial charge < -0.3 is 106 Å². The second-order valence-corrected chi connectivity index (χ2v) is 32.4. The van der Waals surface area contributed by atoms with E-state index in [1.54, 1.807) is 6.92 Å². The number of benzene rings is 1. The van der Waals surface area contributed by atoms with E-state index >= 15 is 0 Å². The van der Waals surface area contributed by atoms with Gasteiger partial charge in [-0.1, -0.05) is 40.7 Å². The number of nitrogens with two attached hydrogens (primary N) is 7. The number of anilines is 1. The first-order valence-electron chi connectivity index (χ1n) is 35.9. The van der Waals surface area contributed by atoms with Crippen LogP contribution in [0.15, 0.2) is 80.4 Å². The third-order valence-corrected chi connectivity index (χ3v) is 24.6. The molecule has 1 aromatic carbocycles. The minimum absolute atomic E-state index is 0. The van der Waals surface area contributed by atoms with Gasteiger partial charge in [-0.05, 0) is 125 Å². The molecule has 594 valence electrons. The Kier molecular flexibility index (Phi) is 25.0. The molecule has 3 fully saturated rings. The number of aliphatic imine (C=N–C) groups is 3. The molecule has 0 radical (unpaired) electrons. The van der Waals surface area contributed by atoms with Crippen molar-refractivity contribution >= 4 is 94.3 Å². The van der Waals surface area contributed by atoms with Gasteiger partial charge >= 0.3 is 16.8 Å². The normalized spacial score (nSPS) is 33.6. The molecule has 0 aliphatic carbocycles. The van der Waals surface area contributed by atoms with Gasteiger partial charge in [0.25, 0.3) is 7.82 Å². The molecule has 109 heavy (non-hydrogen) atoms. The predicted molar refractivity (Wildman–Crippen MR) is 393 cm³/mol.